The molecule has 0 aliphatic heterocycles. The molecule has 116 valence electrons. The normalized spacial score (nSPS) is 15.4. The summed E-state index contributed by atoms with van der Waals surface area (Å²) in [5.74, 6) is 0. The van der Waals surface area contributed by atoms with Gasteiger partial charge < -0.3 is 10.8 Å². The van der Waals surface area contributed by atoms with Crippen molar-refractivity contribution in [1.29, 1.82) is 0 Å². The SMILES string of the molecule is Cl.N[C@@H](C[C@@H](O)c1cccc(C(F)(F)F)c1)C(F)(F)F. The molecule has 0 saturated heterocycles. The average Bonchev–Trinajstić information content (AvgIpc) is 2.26. The van der Waals surface area contributed by atoms with Gasteiger partial charge >= 0.3 is 12.4 Å². The smallest absolute Gasteiger partial charge is 0.388 e. The minimum atomic E-state index is -4.71. The van der Waals surface area contributed by atoms with Crippen LogP contribution in [-0.4, -0.2) is 17.3 Å². The van der Waals surface area contributed by atoms with Crippen molar-refractivity contribution in [2.24, 2.45) is 5.73 Å². The van der Waals surface area contributed by atoms with Gasteiger partial charge in [0.2, 0.25) is 0 Å². The van der Waals surface area contributed by atoms with Gasteiger partial charge in [-0.15, -0.1) is 12.4 Å². The molecular formula is C11H12ClF6NO. The molecule has 1 rings (SSSR count). The van der Waals surface area contributed by atoms with E-state index in [4.69, 9.17) is 5.73 Å². The van der Waals surface area contributed by atoms with Gasteiger partial charge in [0.05, 0.1) is 11.7 Å². The van der Waals surface area contributed by atoms with Gasteiger partial charge in [-0.25, -0.2) is 0 Å². The largest absolute Gasteiger partial charge is 0.416 e. The van der Waals surface area contributed by atoms with E-state index in [0.717, 1.165) is 18.2 Å². The van der Waals surface area contributed by atoms with E-state index in [-0.39, 0.29) is 18.0 Å². The summed E-state index contributed by atoms with van der Waals surface area (Å²) in [6.07, 6.45) is -11.9. The van der Waals surface area contributed by atoms with Gasteiger partial charge in [0.25, 0.3) is 0 Å². The highest BCUT2D eigenvalue weighted by Crippen LogP contribution is 2.32. The number of nitrogens with two attached hydrogens (primary N) is 1. The minimum Gasteiger partial charge on any atom is -0.388 e. The molecular weight excluding hydrogens is 312 g/mol. The molecule has 1 aromatic rings. The van der Waals surface area contributed by atoms with E-state index in [1.807, 2.05) is 0 Å². The number of hydrogen-bond donors (Lipinski definition) is 2. The fourth-order valence-electron chi connectivity index (χ4n) is 1.43. The molecule has 3 N–H and O–H groups in total. The molecule has 0 aliphatic rings. The highest BCUT2D eigenvalue weighted by atomic mass is 35.5. The maximum atomic E-state index is 12.4. The van der Waals surface area contributed by atoms with Crippen molar-refractivity contribution in [1.82, 2.24) is 0 Å². The van der Waals surface area contributed by atoms with Crippen LogP contribution in [0.15, 0.2) is 24.3 Å². The van der Waals surface area contributed by atoms with Crippen LogP contribution in [0, 0.1) is 0 Å². The summed E-state index contributed by atoms with van der Waals surface area (Å²) < 4.78 is 73.7. The van der Waals surface area contributed by atoms with E-state index in [1.54, 1.807) is 0 Å². The fraction of sp³-hybridized carbons (Fsp3) is 0.455. The first-order valence-electron chi connectivity index (χ1n) is 5.19. The Morgan fingerprint density at radius 2 is 1.65 bits per heavy atom. The summed E-state index contributed by atoms with van der Waals surface area (Å²) in [4.78, 5) is 0. The Kier molecular flexibility index (Phi) is 6.31. The van der Waals surface area contributed by atoms with Crippen LogP contribution in [0.2, 0.25) is 0 Å². The summed E-state index contributed by atoms with van der Waals surface area (Å²) in [5, 5.41) is 9.50. The van der Waals surface area contributed by atoms with Crippen LogP contribution >= 0.6 is 12.4 Å². The zero-order chi connectivity index (χ0) is 14.8. The molecule has 0 heterocycles. The molecule has 2 nitrogen and oxygen atoms in total. The molecule has 0 fully saturated rings. The van der Waals surface area contributed by atoms with E-state index in [1.165, 1.54) is 0 Å². The van der Waals surface area contributed by atoms with Crippen molar-refractivity contribution in [2.75, 3.05) is 0 Å². The van der Waals surface area contributed by atoms with Crippen molar-refractivity contribution in [2.45, 2.75) is 30.9 Å². The van der Waals surface area contributed by atoms with Crippen molar-refractivity contribution in [3.05, 3.63) is 35.4 Å². The van der Waals surface area contributed by atoms with Crippen LogP contribution in [-0.2, 0) is 6.18 Å². The Balaban J connectivity index is 0.00000361. The van der Waals surface area contributed by atoms with Gasteiger partial charge in [0.15, 0.2) is 0 Å². The van der Waals surface area contributed by atoms with Crippen LogP contribution < -0.4 is 5.73 Å². The van der Waals surface area contributed by atoms with Crippen LogP contribution in [0.25, 0.3) is 0 Å². The van der Waals surface area contributed by atoms with E-state index >= 15 is 0 Å². The molecule has 1 aromatic carbocycles. The van der Waals surface area contributed by atoms with Gasteiger partial charge in [-0.1, -0.05) is 12.1 Å². The molecule has 0 spiro atoms. The van der Waals surface area contributed by atoms with Crippen LogP contribution in [0.5, 0.6) is 0 Å². The third-order valence-electron chi connectivity index (χ3n) is 2.50. The lowest BCUT2D eigenvalue weighted by Crippen LogP contribution is -2.38. The predicted octanol–water partition coefficient (Wildman–Crippen LogP) is 3.44. The summed E-state index contributed by atoms with van der Waals surface area (Å²) in [6, 6.07) is 1.20. The monoisotopic (exact) mass is 323 g/mol. The summed E-state index contributed by atoms with van der Waals surface area (Å²) >= 11 is 0. The quantitative estimate of drug-likeness (QED) is 0.837. The Hall–Kier alpha value is -0.990. The number of aliphatic hydroxyl groups excluding tert-OH is 1. The lowest BCUT2D eigenvalue weighted by molar-refractivity contribution is -0.154. The number of halogens is 7. The number of aliphatic hydroxyl groups is 1. The second-order valence-corrected chi connectivity index (χ2v) is 4.02. The molecule has 20 heavy (non-hydrogen) atoms. The van der Waals surface area contributed by atoms with Gasteiger partial charge in [0.1, 0.15) is 6.04 Å². The highest BCUT2D eigenvalue weighted by molar-refractivity contribution is 5.85. The first-order valence-corrected chi connectivity index (χ1v) is 5.19. The van der Waals surface area contributed by atoms with Crippen molar-refractivity contribution in [3.63, 3.8) is 0 Å². The Morgan fingerprint density at radius 3 is 2.10 bits per heavy atom. The van der Waals surface area contributed by atoms with Crippen molar-refractivity contribution in [3.8, 4) is 0 Å². The van der Waals surface area contributed by atoms with Gasteiger partial charge in [-0.2, -0.15) is 26.3 Å². The first kappa shape index (κ1) is 19.0. The summed E-state index contributed by atoms with van der Waals surface area (Å²) in [6.45, 7) is 0. The zero-order valence-electron chi connectivity index (χ0n) is 9.87. The van der Waals surface area contributed by atoms with Crippen molar-refractivity contribution < 1.29 is 31.4 Å². The van der Waals surface area contributed by atoms with E-state index < -0.39 is 36.5 Å². The summed E-state index contributed by atoms with van der Waals surface area (Å²) in [5.41, 5.74) is 3.51. The lowest BCUT2D eigenvalue weighted by atomic mass is 10.00. The molecule has 0 saturated carbocycles. The fourth-order valence-corrected chi connectivity index (χ4v) is 1.43. The number of benzene rings is 1. The number of rotatable bonds is 3. The highest BCUT2D eigenvalue weighted by Gasteiger charge is 2.38. The number of alkyl halides is 6. The Bertz CT molecular complexity index is 434. The van der Waals surface area contributed by atoms with Gasteiger partial charge in [-0.05, 0) is 17.7 Å². The molecule has 0 unspecified atom stereocenters. The second kappa shape index (κ2) is 6.64. The molecule has 0 aromatic heterocycles. The molecule has 0 aliphatic carbocycles. The zero-order valence-corrected chi connectivity index (χ0v) is 10.7. The first-order chi connectivity index (χ1) is 8.51. The maximum absolute atomic E-state index is 12.4. The van der Waals surface area contributed by atoms with Crippen molar-refractivity contribution >= 4 is 12.4 Å². The summed E-state index contributed by atoms with van der Waals surface area (Å²) in [7, 11) is 0. The minimum absolute atomic E-state index is 0. The average molecular weight is 324 g/mol. The molecule has 0 bridgehead atoms. The van der Waals surface area contributed by atoms with E-state index in [0.29, 0.717) is 6.07 Å². The topological polar surface area (TPSA) is 46.2 Å². The predicted molar refractivity (Wildman–Crippen MR) is 62.3 cm³/mol. The third kappa shape index (κ3) is 5.18. The van der Waals surface area contributed by atoms with Crippen LogP contribution in [0.4, 0.5) is 26.3 Å². The molecule has 0 amide bonds. The van der Waals surface area contributed by atoms with Gasteiger partial charge in [-0.3, -0.25) is 0 Å². The maximum Gasteiger partial charge on any atom is 0.416 e. The molecule has 0 radical (unpaired) electrons. The van der Waals surface area contributed by atoms with E-state index in [9.17, 15) is 31.4 Å². The number of hydrogen-bond acceptors (Lipinski definition) is 2. The van der Waals surface area contributed by atoms with Gasteiger partial charge in [0, 0.05) is 6.42 Å². The van der Waals surface area contributed by atoms with Crippen LogP contribution in [0.3, 0.4) is 0 Å². The standard InChI is InChI=1S/C11H11F6NO.ClH/c12-10(13,14)7-3-1-2-6(4-7)8(19)5-9(18)11(15,16)17;/h1-4,8-9,19H,5,18H2;1H/t8-,9+;/m1./s1. The van der Waals surface area contributed by atoms with Crippen LogP contribution in [0.1, 0.15) is 23.7 Å². The Labute approximate surface area is 117 Å². The third-order valence-corrected chi connectivity index (χ3v) is 2.50. The second-order valence-electron chi connectivity index (χ2n) is 4.02. The lowest BCUT2D eigenvalue weighted by Gasteiger charge is -2.20. The molecule has 9 heteroatoms. The Morgan fingerprint density at radius 1 is 1.10 bits per heavy atom. The molecule has 2 atom stereocenters. The van der Waals surface area contributed by atoms with E-state index in [2.05, 4.69) is 0 Å².